The number of carbonyl (C=O) groups excluding carboxylic acids is 1. The van der Waals surface area contributed by atoms with Crippen LogP contribution in [0.2, 0.25) is 5.15 Å². The van der Waals surface area contributed by atoms with E-state index < -0.39 is 0 Å². The predicted molar refractivity (Wildman–Crippen MR) is 66.2 cm³/mol. The number of aryl methyl sites for hydroxylation is 1. The molecule has 1 amide bonds. The zero-order valence-electron chi connectivity index (χ0n) is 9.14. The maximum Gasteiger partial charge on any atom is 0.256 e. The van der Waals surface area contributed by atoms with Crippen LogP contribution in [0.4, 0.5) is 5.82 Å². The van der Waals surface area contributed by atoms with E-state index in [1.807, 2.05) is 19.1 Å². The number of amides is 1. The first-order valence-electron chi connectivity index (χ1n) is 5.02. The highest BCUT2D eigenvalue weighted by molar-refractivity contribution is 6.29. The lowest BCUT2D eigenvalue weighted by Crippen LogP contribution is -2.13. The second-order valence-corrected chi connectivity index (χ2v) is 3.95. The van der Waals surface area contributed by atoms with Crippen molar-refractivity contribution in [1.29, 1.82) is 0 Å². The van der Waals surface area contributed by atoms with Gasteiger partial charge in [0.05, 0.1) is 0 Å². The Morgan fingerprint density at radius 3 is 2.71 bits per heavy atom. The summed E-state index contributed by atoms with van der Waals surface area (Å²) in [6.45, 7) is 1.93. The monoisotopic (exact) mass is 247 g/mol. The van der Waals surface area contributed by atoms with Gasteiger partial charge in [0, 0.05) is 5.56 Å². The minimum absolute atomic E-state index is 0.217. The van der Waals surface area contributed by atoms with Crippen molar-refractivity contribution in [3.05, 3.63) is 52.7 Å². The van der Waals surface area contributed by atoms with Gasteiger partial charge in [-0.25, -0.2) is 0 Å². The van der Waals surface area contributed by atoms with E-state index in [9.17, 15) is 4.79 Å². The van der Waals surface area contributed by atoms with Crippen LogP contribution in [0.1, 0.15) is 15.9 Å². The van der Waals surface area contributed by atoms with Gasteiger partial charge in [-0.05, 0) is 31.2 Å². The largest absolute Gasteiger partial charge is 0.305 e. The third-order valence-electron chi connectivity index (χ3n) is 2.15. The number of hydrogen-bond acceptors (Lipinski definition) is 3. The number of carbonyl (C=O) groups is 1. The molecule has 86 valence electrons. The van der Waals surface area contributed by atoms with E-state index in [1.165, 1.54) is 0 Å². The Kier molecular flexibility index (Phi) is 3.35. The highest BCUT2D eigenvalue weighted by atomic mass is 35.5. The number of nitrogens with zero attached hydrogens (tertiary/aromatic N) is 2. The molecular formula is C12H10ClN3O. The lowest BCUT2D eigenvalue weighted by Gasteiger charge is -2.04. The van der Waals surface area contributed by atoms with E-state index in [0.29, 0.717) is 16.5 Å². The van der Waals surface area contributed by atoms with Crippen LogP contribution in [0.5, 0.6) is 0 Å². The number of benzene rings is 1. The maximum atomic E-state index is 11.8. The number of anilines is 1. The molecule has 0 aliphatic carbocycles. The topological polar surface area (TPSA) is 54.9 Å². The molecule has 0 aliphatic rings. The SMILES string of the molecule is Cc1cccc(C(=O)Nc2ccc(Cl)nn2)c1. The molecule has 0 saturated carbocycles. The zero-order chi connectivity index (χ0) is 12.3. The standard InChI is InChI=1S/C12H10ClN3O/c1-8-3-2-4-9(7-8)12(17)14-11-6-5-10(13)15-16-11/h2-7H,1H3,(H,14,16,17). The molecule has 1 heterocycles. The lowest BCUT2D eigenvalue weighted by atomic mass is 10.1. The second kappa shape index (κ2) is 4.93. The Labute approximate surface area is 104 Å². The maximum absolute atomic E-state index is 11.8. The van der Waals surface area contributed by atoms with Gasteiger partial charge in [-0.1, -0.05) is 29.3 Å². The van der Waals surface area contributed by atoms with Crippen LogP contribution in [-0.4, -0.2) is 16.1 Å². The normalized spacial score (nSPS) is 10.0. The number of aromatic nitrogens is 2. The molecule has 2 rings (SSSR count). The van der Waals surface area contributed by atoms with Crippen LogP contribution in [0.25, 0.3) is 0 Å². The van der Waals surface area contributed by atoms with Gasteiger partial charge in [0.2, 0.25) is 0 Å². The van der Waals surface area contributed by atoms with Gasteiger partial charge in [0.15, 0.2) is 11.0 Å². The molecule has 0 bridgehead atoms. The average Bonchev–Trinajstić information content (AvgIpc) is 2.32. The van der Waals surface area contributed by atoms with Crippen molar-refractivity contribution < 1.29 is 4.79 Å². The molecule has 0 saturated heterocycles. The highest BCUT2D eigenvalue weighted by Crippen LogP contribution is 2.09. The summed E-state index contributed by atoms with van der Waals surface area (Å²) in [7, 11) is 0. The summed E-state index contributed by atoms with van der Waals surface area (Å²) < 4.78 is 0. The summed E-state index contributed by atoms with van der Waals surface area (Å²) in [5, 5.41) is 10.3. The molecule has 0 radical (unpaired) electrons. The average molecular weight is 248 g/mol. The van der Waals surface area contributed by atoms with Gasteiger partial charge in [-0.3, -0.25) is 4.79 Å². The smallest absolute Gasteiger partial charge is 0.256 e. The molecule has 17 heavy (non-hydrogen) atoms. The van der Waals surface area contributed by atoms with Crippen LogP contribution < -0.4 is 5.32 Å². The third kappa shape index (κ3) is 3.01. The molecule has 1 aromatic heterocycles. The van der Waals surface area contributed by atoms with Crippen LogP contribution in [0.3, 0.4) is 0 Å². The van der Waals surface area contributed by atoms with Crippen molar-refractivity contribution in [2.24, 2.45) is 0 Å². The van der Waals surface area contributed by atoms with Crippen LogP contribution in [0, 0.1) is 6.92 Å². The van der Waals surface area contributed by atoms with Crippen LogP contribution >= 0.6 is 11.6 Å². The first kappa shape index (κ1) is 11.5. The van der Waals surface area contributed by atoms with E-state index in [4.69, 9.17) is 11.6 Å². The number of hydrogen-bond donors (Lipinski definition) is 1. The van der Waals surface area contributed by atoms with Gasteiger partial charge in [0.25, 0.3) is 5.91 Å². The number of rotatable bonds is 2. The quantitative estimate of drug-likeness (QED) is 0.888. The molecule has 0 aliphatic heterocycles. The Balaban J connectivity index is 2.14. The first-order chi connectivity index (χ1) is 8.15. The molecule has 4 nitrogen and oxygen atoms in total. The van der Waals surface area contributed by atoms with Crippen molar-refractivity contribution in [3.8, 4) is 0 Å². The van der Waals surface area contributed by atoms with Gasteiger partial charge < -0.3 is 5.32 Å². The van der Waals surface area contributed by atoms with E-state index in [0.717, 1.165) is 5.56 Å². The molecule has 1 aromatic carbocycles. The Morgan fingerprint density at radius 1 is 1.24 bits per heavy atom. The Hall–Kier alpha value is -1.94. The van der Waals surface area contributed by atoms with E-state index >= 15 is 0 Å². The molecule has 1 N–H and O–H groups in total. The fourth-order valence-electron chi connectivity index (χ4n) is 1.36. The molecular weight excluding hydrogens is 238 g/mol. The molecule has 0 fully saturated rings. The summed E-state index contributed by atoms with van der Waals surface area (Å²) in [4.78, 5) is 11.8. The predicted octanol–water partition coefficient (Wildman–Crippen LogP) is 2.69. The summed E-state index contributed by atoms with van der Waals surface area (Å²) in [6.07, 6.45) is 0. The third-order valence-corrected chi connectivity index (χ3v) is 2.36. The van der Waals surface area contributed by atoms with Crippen LogP contribution in [0.15, 0.2) is 36.4 Å². The summed E-state index contributed by atoms with van der Waals surface area (Å²) in [5.41, 5.74) is 1.61. The van der Waals surface area contributed by atoms with E-state index in [-0.39, 0.29) is 5.91 Å². The van der Waals surface area contributed by atoms with Crippen molar-refractivity contribution in [2.75, 3.05) is 5.32 Å². The minimum atomic E-state index is -0.217. The molecule has 0 atom stereocenters. The highest BCUT2D eigenvalue weighted by Gasteiger charge is 2.06. The van der Waals surface area contributed by atoms with Crippen LogP contribution in [-0.2, 0) is 0 Å². The molecule has 0 unspecified atom stereocenters. The van der Waals surface area contributed by atoms with Crippen molar-refractivity contribution in [1.82, 2.24) is 10.2 Å². The summed E-state index contributed by atoms with van der Waals surface area (Å²) in [6, 6.07) is 10.5. The van der Waals surface area contributed by atoms with Gasteiger partial charge in [-0.15, -0.1) is 10.2 Å². The summed E-state index contributed by atoms with van der Waals surface area (Å²) >= 11 is 5.60. The van der Waals surface area contributed by atoms with Gasteiger partial charge in [-0.2, -0.15) is 0 Å². The van der Waals surface area contributed by atoms with E-state index in [1.54, 1.807) is 24.3 Å². The van der Waals surface area contributed by atoms with E-state index in [2.05, 4.69) is 15.5 Å². The number of nitrogens with one attached hydrogen (secondary N) is 1. The number of halogens is 1. The lowest BCUT2D eigenvalue weighted by molar-refractivity contribution is 0.102. The van der Waals surface area contributed by atoms with Crippen molar-refractivity contribution in [3.63, 3.8) is 0 Å². The van der Waals surface area contributed by atoms with Crippen molar-refractivity contribution >= 4 is 23.3 Å². The van der Waals surface area contributed by atoms with Gasteiger partial charge >= 0.3 is 0 Å². The Bertz CT molecular complexity index is 540. The second-order valence-electron chi connectivity index (χ2n) is 3.56. The molecule has 5 heteroatoms. The minimum Gasteiger partial charge on any atom is -0.305 e. The summed E-state index contributed by atoms with van der Waals surface area (Å²) in [5.74, 6) is 0.159. The molecule has 0 spiro atoms. The zero-order valence-corrected chi connectivity index (χ0v) is 9.90. The molecule has 2 aromatic rings. The Morgan fingerprint density at radius 2 is 2.06 bits per heavy atom. The van der Waals surface area contributed by atoms with Crippen molar-refractivity contribution in [2.45, 2.75) is 6.92 Å². The fraction of sp³-hybridized carbons (Fsp3) is 0.0833. The fourth-order valence-corrected chi connectivity index (χ4v) is 1.46. The first-order valence-corrected chi connectivity index (χ1v) is 5.40. The van der Waals surface area contributed by atoms with Gasteiger partial charge in [0.1, 0.15) is 0 Å².